The molecular weight excluding hydrogens is 316 g/mol. The molecule has 2 aromatic carbocycles. The molecule has 0 bridgehead atoms. The molecule has 2 N–H and O–H groups in total. The Morgan fingerprint density at radius 2 is 1.64 bits per heavy atom. The van der Waals surface area contributed by atoms with Gasteiger partial charge in [0.2, 0.25) is 0 Å². The van der Waals surface area contributed by atoms with Gasteiger partial charge in [0.25, 0.3) is 5.91 Å². The molecule has 0 aromatic heterocycles. The number of amides is 1. The van der Waals surface area contributed by atoms with Crippen LogP contribution >= 0.6 is 0 Å². The molecule has 0 atom stereocenters. The van der Waals surface area contributed by atoms with Crippen molar-refractivity contribution in [1.82, 2.24) is 0 Å². The van der Waals surface area contributed by atoms with Crippen LogP contribution in [0.25, 0.3) is 0 Å². The number of esters is 1. The molecule has 0 aliphatic carbocycles. The Morgan fingerprint density at radius 1 is 1.00 bits per heavy atom. The highest BCUT2D eigenvalue weighted by atomic mass is 16.5. The van der Waals surface area contributed by atoms with Crippen molar-refractivity contribution in [3.63, 3.8) is 0 Å². The first-order chi connectivity index (χ1) is 11.8. The van der Waals surface area contributed by atoms with E-state index in [1.807, 2.05) is 30.3 Å². The summed E-state index contributed by atoms with van der Waals surface area (Å²) in [6.07, 6.45) is 0. The van der Waals surface area contributed by atoms with Crippen molar-refractivity contribution >= 4 is 23.3 Å². The maximum atomic E-state index is 12.1. The van der Waals surface area contributed by atoms with Gasteiger partial charge in [-0.15, -0.1) is 0 Å². The quantitative estimate of drug-likeness (QED) is 0.812. The van der Waals surface area contributed by atoms with Gasteiger partial charge >= 0.3 is 5.97 Å². The maximum Gasteiger partial charge on any atom is 0.340 e. The Morgan fingerprint density at radius 3 is 2.24 bits per heavy atom. The van der Waals surface area contributed by atoms with E-state index in [1.54, 1.807) is 25.2 Å². The highest BCUT2D eigenvalue weighted by Crippen LogP contribution is 2.23. The van der Waals surface area contributed by atoms with Crippen LogP contribution in [0.5, 0.6) is 0 Å². The lowest BCUT2D eigenvalue weighted by Gasteiger charge is -2.19. The molecule has 2 aromatic rings. The number of benzene rings is 2. The molecule has 1 amide bonds. The fourth-order valence-electron chi connectivity index (χ4n) is 2.34. The number of para-hydroxylation sites is 1. The number of ether oxygens (including phenoxy) is 1. The summed E-state index contributed by atoms with van der Waals surface area (Å²) >= 11 is 0. The van der Waals surface area contributed by atoms with E-state index in [0.717, 1.165) is 0 Å². The highest BCUT2D eigenvalue weighted by molar-refractivity contribution is 5.98. The van der Waals surface area contributed by atoms with Crippen LogP contribution in [0.3, 0.4) is 0 Å². The van der Waals surface area contributed by atoms with Gasteiger partial charge < -0.3 is 15.4 Å². The first-order valence-electron chi connectivity index (χ1n) is 8.15. The monoisotopic (exact) mass is 340 g/mol. The average Bonchev–Trinajstić information content (AvgIpc) is 2.59. The van der Waals surface area contributed by atoms with Crippen molar-refractivity contribution in [3.8, 4) is 0 Å². The number of hydrogen-bond acceptors (Lipinski definition) is 4. The Kier molecular flexibility index (Phi) is 5.80. The smallest absolute Gasteiger partial charge is 0.340 e. The van der Waals surface area contributed by atoms with Crippen LogP contribution in [0, 0.1) is 0 Å². The predicted molar refractivity (Wildman–Crippen MR) is 100 cm³/mol. The molecule has 0 heterocycles. The Hall–Kier alpha value is -2.82. The lowest BCUT2D eigenvalue weighted by atomic mass is 9.87. The van der Waals surface area contributed by atoms with Gasteiger partial charge in [-0.2, -0.15) is 0 Å². The van der Waals surface area contributed by atoms with Gasteiger partial charge in [0.1, 0.15) is 0 Å². The summed E-state index contributed by atoms with van der Waals surface area (Å²) in [6.45, 7) is 6.05. The number of nitrogens with one attached hydrogen (secondary N) is 2. The van der Waals surface area contributed by atoms with Gasteiger partial charge in [0.05, 0.1) is 5.56 Å². The summed E-state index contributed by atoms with van der Waals surface area (Å²) in [5, 5.41) is 5.64. The van der Waals surface area contributed by atoms with Crippen molar-refractivity contribution in [1.29, 1.82) is 0 Å². The lowest BCUT2D eigenvalue weighted by Crippen LogP contribution is -2.21. The van der Waals surface area contributed by atoms with Crippen LogP contribution in [0.15, 0.2) is 48.5 Å². The fourth-order valence-corrected chi connectivity index (χ4v) is 2.34. The summed E-state index contributed by atoms with van der Waals surface area (Å²) in [4.78, 5) is 24.1. The number of rotatable bonds is 5. The summed E-state index contributed by atoms with van der Waals surface area (Å²) in [7, 11) is 1.72. The molecule has 0 spiro atoms. The molecule has 0 saturated carbocycles. The van der Waals surface area contributed by atoms with E-state index in [4.69, 9.17) is 4.74 Å². The van der Waals surface area contributed by atoms with E-state index in [-0.39, 0.29) is 17.9 Å². The van der Waals surface area contributed by atoms with Crippen molar-refractivity contribution in [2.45, 2.75) is 26.2 Å². The zero-order valence-electron chi connectivity index (χ0n) is 15.1. The largest absolute Gasteiger partial charge is 0.452 e. The topological polar surface area (TPSA) is 67.4 Å². The molecule has 5 heteroatoms. The Balaban J connectivity index is 1.91. The third-order valence-electron chi connectivity index (χ3n) is 3.79. The van der Waals surface area contributed by atoms with Gasteiger partial charge in [0, 0.05) is 18.4 Å². The molecule has 5 nitrogen and oxygen atoms in total. The summed E-state index contributed by atoms with van der Waals surface area (Å²) in [5.41, 5.74) is 2.96. The third kappa shape index (κ3) is 5.08. The van der Waals surface area contributed by atoms with E-state index in [1.165, 1.54) is 5.56 Å². The molecule has 0 aliphatic heterocycles. The van der Waals surface area contributed by atoms with Crippen LogP contribution in [0.2, 0.25) is 0 Å². The standard InChI is InChI=1S/C20H24N2O3/c1-20(2,3)14-9-11-15(12-10-14)22-18(23)13-25-19(24)16-7-5-6-8-17(16)21-4/h5-12,21H,13H2,1-4H3,(H,22,23). The maximum absolute atomic E-state index is 12.1. The fraction of sp³-hybridized carbons (Fsp3) is 0.300. The minimum absolute atomic E-state index is 0.0543. The van der Waals surface area contributed by atoms with Gasteiger partial charge in [-0.3, -0.25) is 4.79 Å². The minimum atomic E-state index is -0.539. The zero-order chi connectivity index (χ0) is 18.4. The van der Waals surface area contributed by atoms with Crippen molar-refractivity contribution in [2.75, 3.05) is 24.3 Å². The molecule has 25 heavy (non-hydrogen) atoms. The summed E-state index contributed by atoms with van der Waals surface area (Å²) < 4.78 is 5.09. The van der Waals surface area contributed by atoms with Crippen LogP contribution < -0.4 is 10.6 Å². The summed E-state index contributed by atoms with van der Waals surface area (Å²) in [6, 6.07) is 14.6. The zero-order valence-corrected chi connectivity index (χ0v) is 15.1. The second-order valence-electron chi connectivity index (χ2n) is 6.75. The molecule has 0 unspecified atom stereocenters. The van der Waals surface area contributed by atoms with Crippen LogP contribution in [0.1, 0.15) is 36.7 Å². The highest BCUT2D eigenvalue weighted by Gasteiger charge is 2.15. The second kappa shape index (κ2) is 7.83. The van der Waals surface area contributed by atoms with Gasteiger partial charge in [0.15, 0.2) is 6.61 Å². The number of carbonyl (C=O) groups is 2. The number of carbonyl (C=O) groups excluding carboxylic acids is 2. The first-order valence-corrected chi connectivity index (χ1v) is 8.15. The van der Waals surface area contributed by atoms with Crippen molar-refractivity contribution in [2.24, 2.45) is 0 Å². The lowest BCUT2D eigenvalue weighted by molar-refractivity contribution is -0.119. The summed E-state index contributed by atoms with van der Waals surface area (Å²) in [5.74, 6) is -0.915. The average molecular weight is 340 g/mol. The van der Waals surface area contributed by atoms with E-state index in [9.17, 15) is 9.59 Å². The second-order valence-corrected chi connectivity index (χ2v) is 6.75. The SMILES string of the molecule is CNc1ccccc1C(=O)OCC(=O)Nc1ccc(C(C)(C)C)cc1. The third-order valence-corrected chi connectivity index (χ3v) is 3.79. The predicted octanol–water partition coefficient (Wildman–Crippen LogP) is 3.82. The Bertz CT molecular complexity index is 746. The molecular formula is C20H24N2O3. The van der Waals surface area contributed by atoms with Crippen LogP contribution in [-0.4, -0.2) is 25.5 Å². The molecule has 132 valence electrons. The first kappa shape index (κ1) is 18.5. The van der Waals surface area contributed by atoms with Crippen LogP contribution in [-0.2, 0) is 14.9 Å². The van der Waals surface area contributed by atoms with E-state index < -0.39 is 5.97 Å². The normalized spacial score (nSPS) is 10.9. The van der Waals surface area contributed by atoms with Crippen molar-refractivity contribution in [3.05, 3.63) is 59.7 Å². The molecule has 2 rings (SSSR count). The van der Waals surface area contributed by atoms with E-state index >= 15 is 0 Å². The van der Waals surface area contributed by atoms with E-state index in [2.05, 4.69) is 31.4 Å². The van der Waals surface area contributed by atoms with E-state index in [0.29, 0.717) is 16.9 Å². The molecule has 0 aliphatic rings. The number of hydrogen-bond donors (Lipinski definition) is 2. The van der Waals surface area contributed by atoms with Crippen LogP contribution in [0.4, 0.5) is 11.4 Å². The molecule has 0 fully saturated rings. The molecule has 0 saturated heterocycles. The number of anilines is 2. The minimum Gasteiger partial charge on any atom is -0.452 e. The van der Waals surface area contributed by atoms with Crippen molar-refractivity contribution < 1.29 is 14.3 Å². The van der Waals surface area contributed by atoms with Gasteiger partial charge in [-0.1, -0.05) is 45.0 Å². The van der Waals surface area contributed by atoms with Gasteiger partial charge in [-0.25, -0.2) is 4.79 Å². The van der Waals surface area contributed by atoms with Gasteiger partial charge in [-0.05, 0) is 35.2 Å². The molecule has 0 radical (unpaired) electrons. The Labute approximate surface area is 148 Å².